The summed E-state index contributed by atoms with van der Waals surface area (Å²) in [5, 5.41) is 0. The van der Waals surface area contributed by atoms with Crippen LogP contribution < -0.4 is 11.5 Å². The second-order valence-corrected chi connectivity index (χ2v) is 4.43. The van der Waals surface area contributed by atoms with Crippen LogP contribution in [0.25, 0.3) is 0 Å². The van der Waals surface area contributed by atoms with Crippen molar-refractivity contribution in [3.05, 3.63) is 23.9 Å². The van der Waals surface area contributed by atoms with Gasteiger partial charge in [0.2, 0.25) is 0 Å². The molecule has 16 heavy (non-hydrogen) atoms. The van der Waals surface area contributed by atoms with E-state index in [0.29, 0.717) is 18.2 Å². The molecule has 0 aromatic carbocycles. The summed E-state index contributed by atoms with van der Waals surface area (Å²) in [5.41, 5.74) is 12.2. The van der Waals surface area contributed by atoms with E-state index in [2.05, 4.69) is 4.98 Å². The average Bonchev–Trinajstić information content (AvgIpc) is 2.20. The van der Waals surface area contributed by atoms with Gasteiger partial charge in [-0.05, 0) is 18.4 Å². The van der Waals surface area contributed by atoms with Crippen LogP contribution in [0, 0.1) is 5.92 Å². The fourth-order valence-corrected chi connectivity index (χ4v) is 1.56. The predicted octanol–water partition coefficient (Wildman–Crippen LogP) is 1.15. The molecule has 1 unspecified atom stereocenters. The summed E-state index contributed by atoms with van der Waals surface area (Å²) in [6.07, 6.45) is 2.59. The van der Waals surface area contributed by atoms with E-state index >= 15 is 0 Å². The Bertz CT molecular complexity index is 363. The first kappa shape index (κ1) is 12.6. The number of hydrogen-bond acceptors (Lipinski definition) is 4. The maximum Gasteiger partial charge on any atom is 0.154 e. The van der Waals surface area contributed by atoms with Gasteiger partial charge in [0.25, 0.3) is 0 Å². The minimum Gasteiger partial charge on any atom is -0.383 e. The average molecular weight is 221 g/mol. The Labute approximate surface area is 96.0 Å². The third-order valence-electron chi connectivity index (χ3n) is 2.43. The van der Waals surface area contributed by atoms with Crippen molar-refractivity contribution in [1.29, 1.82) is 0 Å². The third-order valence-corrected chi connectivity index (χ3v) is 2.43. The summed E-state index contributed by atoms with van der Waals surface area (Å²) in [7, 11) is 0. The number of anilines is 1. The zero-order chi connectivity index (χ0) is 12.1. The summed E-state index contributed by atoms with van der Waals surface area (Å²) in [6.45, 7) is 4.09. The van der Waals surface area contributed by atoms with E-state index in [0.717, 1.165) is 5.56 Å². The normalized spacial score (nSPS) is 12.8. The molecule has 1 aromatic heterocycles. The van der Waals surface area contributed by atoms with Crippen molar-refractivity contribution in [1.82, 2.24) is 4.98 Å². The van der Waals surface area contributed by atoms with Crippen LogP contribution in [0.15, 0.2) is 18.3 Å². The number of Topliss-reactive ketones (excluding diaryl/α,β-unsaturated/α-hetero) is 1. The van der Waals surface area contributed by atoms with Crippen LogP contribution in [0.4, 0.5) is 5.82 Å². The Morgan fingerprint density at radius 1 is 1.50 bits per heavy atom. The number of ketones is 1. The predicted molar refractivity (Wildman–Crippen MR) is 64.8 cm³/mol. The van der Waals surface area contributed by atoms with Crippen molar-refractivity contribution in [3.63, 3.8) is 0 Å². The van der Waals surface area contributed by atoms with Crippen LogP contribution in [0.3, 0.4) is 0 Å². The van der Waals surface area contributed by atoms with Crippen LogP contribution >= 0.6 is 0 Å². The molecule has 0 amide bonds. The highest BCUT2D eigenvalue weighted by Gasteiger charge is 2.16. The summed E-state index contributed by atoms with van der Waals surface area (Å²) in [4.78, 5) is 15.7. The monoisotopic (exact) mass is 221 g/mol. The molecular weight excluding hydrogens is 202 g/mol. The lowest BCUT2D eigenvalue weighted by molar-refractivity contribution is -0.120. The number of nitrogens with zero attached hydrogens (tertiary/aromatic N) is 1. The number of rotatable bonds is 5. The molecule has 1 rings (SSSR count). The molecule has 0 aliphatic carbocycles. The molecule has 0 aliphatic heterocycles. The molecule has 0 saturated carbocycles. The zero-order valence-electron chi connectivity index (χ0n) is 9.81. The molecule has 4 N–H and O–H groups in total. The number of nitrogens with two attached hydrogens (primary N) is 2. The van der Waals surface area contributed by atoms with Gasteiger partial charge in [-0.25, -0.2) is 4.98 Å². The topological polar surface area (TPSA) is 82.0 Å². The molecule has 4 nitrogen and oxygen atoms in total. The van der Waals surface area contributed by atoms with Crippen molar-refractivity contribution in [3.8, 4) is 0 Å². The van der Waals surface area contributed by atoms with E-state index in [1.54, 1.807) is 12.3 Å². The lowest BCUT2D eigenvalue weighted by Crippen LogP contribution is -2.33. The molecule has 88 valence electrons. The smallest absolute Gasteiger partial charge is 0.154 e. The van der Waals surface area contributed by atoms with Gasteiger partial charge in [0, 0.05) is 18.2 Å². The number of nitrogen functional groups attached to an aromatic ring is 1. The van der Waals surface area contributed by atoms with E-state index in [-0.39, 0.29) is 12.2 Å². The van der Waals surface area contributed by atoms with Gasteiger partial charge < -0.3 is 11.5 Å². The number of pyridine rings is 1. The molecule has 0 fully saturated rings. The SMILES string of the molecule is CC(C)CC(N)C(=O)Cc1cccnc1N. The van der Waals surface area contributed by atoms with Crippen molar-refractivity contribution in [2.45, 2.75) is 32.7 Å². The van der Waals surface area contributed by atoms with E-state index in [9.17, 15) is 4.79 Å². The van der Waals surface area contributed by atoms with Crippen molar-refractivity contribution < 1.29 is 4.79 Å². The highest BCUT2D eigenvalue weighted by Crippen LogP contribution is 2.11. The van der Waals surface area contributed by atoms with Crippen LogP contribution in [-0.2, 0) is 11.2 Å². The van der Waals surface area contributed by atoms with Gasteiger partial charge >= 0.3 is 0 Å². The minimum absolute atomic E-state index is 0.0217. The van der Waals surface area contributed by atoms with Gasteiger partial charge in [-0.15, -0.1) is 0 Å². The zero-order valence-corrected chi connectivity index (χ0v) is 9.81. The number of aromatic nitrogens is 1. The standard InChI is InChI=1S/C12H19N3O/c1-8(2)6-10(13)11(16)7-9-4-3-5-15-12(9)14/h3-5,8,10H,6-7,13H2,1-2H3,(H2,14,15). The second kappa shape index (κ2) is 5.61. The fourth-order valence-electron chi connectivity index (χ4n) is 1.56. The Kier molecular flexibility index (Phi) is 4.43. The maximum absolute atomic E-state index is 11.8. The molecule has 4 heteroatoms. The van der Waals surface area contributed by atoms with Gasteiger partial charge in [-0.1, -0.05) is 19.9 Å². The van der Waals surface area contributed by atoms with Crippen LogP contribution in [0.1, 0.15) is 25.8 Å². The molecule has 0 bridgehead atoms. The molecule has 0 radical (unpaired) electrons. The molecule has 1 atom stereocenters. The Hall–Kier alpha value is -1.42. The summed E-state index contributed by atoms with van der Waals surface area (Å²) < 4.78 is 0. The summed E-state index contributed by atoms with van der Waals surface area (Å²) >= 11 is 0. The minimum atomic E-state index is -0.403. The molecule has 0 saturated heterocycles. The highest BCUT2D eigenvalue weighted by molar-refractivity contribution is 5.86. The number of carbonyl (C=O) groups is 1. The van der Waals surface area contributed by atoms with Crippen LogP contribution in [-0.4, -0.2) is 16.8 Å². The van der Waals surface area contributed by atoms with E-state index in [4.69, 9.17) is 11.5 Å². The quantitative estimate of drug-likeness (QED) is 0.781. The molecule has 0 aliphatic rings. The Morgan fingerprint density at radius 3 is 2.75 bits per heavy atom. The van der Waals surface area contributed by atoms with E-state index < -0.39 is 6.04 Å². The maximum atomic E-state index is 11.8. The Morgan fingerprint density at radius 2 is 2.19 bits per heavy atom. The Balaban J connectivity index is 2.61. The lowest BCUT2D eigenvalue weighted by Gasteiger charge is -2.13. The van der Waals surface area contributed by atoms with Crippen LogP contribution in [0.2, 0.25) is 0 Å². The first-order valence-corrected chi connectivity index (χ1v) is 5.48. The summed E-state index contributed by atoms with van der Waals surface area (Å²) in [5.74, 6) is 0.853. The first-order chi connectivity index (χ1) is 7.50. The first-order valence-electron chi connectivity index (χ1n) is 5.48. The summed E-state index contributed by atoms with van der Waals surface area (Å²) in [6, 6.07) is 3.18. The van der Waals surface area contributed by atoms with Crippen LogP contribution in [0.5, 0.6) is 0 Å². The number of hydrogen-bond donors (Lipinski definition) is 2. The van der Waals surface area contributed by atoms with Gasteiger partial charge in [0.05, 0.1) is 6.04 Å². The van der Waals surface area contributed by atoms with Gasteiger partial charge in [0.15, 0.2) is 5.78 Å². The number of carbonyl (C=O) groups excluding carboxylic acids is 1. The third kappa shape index (κ3) is 3.62. The lowest BCUT2D eigenvalue weighted by atomic mass is 9.97. The van der Waals surface area contributed by atoms with Gasteiger partial charge in [-0.3, -0.25) is 4.79 Å². The van der Waals surface area contributed by atoms with Crippen molar-refractivity contribution >= 4 is 11.6 Å². The largest absolute Gasteiger partial charge is 0.383 e. The fraction of sp³-hybridized carbons (Fsp3) is 0.500. The van der Waals surface area contributed by atoms with Gasteiger partial charge in [0.1, 0.15) is 5.82 Å². The molecule has 1 heterocycles. The molecular formula is C12H19N3O. The van der Waals surface area contributed by atoms with Crippen molar-refractivity contribution in [2.75, 3.05) is 5.73 Å². The van der Waals surface area contributed by atoms with Crippen molar-refractivity contribution in [2.24, 2.45) is 11.7 Å². The second-order valence-electron chi connectivity index (χ2n) is 4.43. The highest BCUT2D eigenvalue weighted by atomic mass is 16.1. The van der Waals surface area contributed by atoms with Gasteiger partial charge in [-0.2, -0.15) is 0 Å². The van der Waals surface area contributed by atoms with E-state index in [1.165, 1.54) is 0 Å². The van der Waals surface area contributed by atoms with E-state index in [1.807, 2.05) is 19.9 Å². The molecule has 0 spiro atoms. The molecule has 1 aromatic rings.